The highest BCUT2D eigenvalue weighted by Gasteiger charge is 2.16. The lowest BCUT2D eigenvalue weighted by atomic mass is 10.1. The van der Waals surface area contributed by atoms with Gasteiger partial charge in [-0.2, -0.15) is 0 Å². The number of nitrogens with two attached hydrogens (primary N) is 1. The minimum absolute atomic E-state index is 0.0597. The van der Waals surface area contributed by atoms with Crippen molar-refractivity contribution in [2.24, 2.45) is 5.73 Å². The summed E-state index contributed by atoms with van der Waals surface area (Å²) in [6, 6.07) is 4.44. The first-order valence-electron chi connectivity index (χ1n) is 5.89. The third-order valence-corrected chi connectivity index (χ3v) is 2.96. The highest BCUT2D eigenvalue weighted by atomic mass is 16.5. The van der Waals surface area contributed by atoms with E-state index in [4.69, 9.17) is 10.5 Å². The number of aryl methyl sites for hydroxylation is 1. The molecule has 0 aromatic carbocycles. The Bertz CT molecular complexity index is 315. The van der Waals surface area contributed by atoms with Crippen LogP contribution in [0.3, 0.4) is 0 Å². The maximum Gasteiger partial charge on any atom is 0.0639 e. The summed E-state index contributed by atoms with van der Waals surface area (Å²) in [5, 5.41) is 0. The second-order valence-electron chi connectivity index (χ2n) is 5.09. The number of hydrogen-bond acceptors (Lipinski definition) is 2. The molecule has 0 bridgehead atoms. The van der Waals surface area contributed by atoms with Gasteiger partial charge in [0.15, 0.2) is 0 Å². The lowest BCUT2D eigenvalue weighted by Gasteiger charge is -2.23. The maximum absolute atomic E-state index is 5.82. The fraction of sp³-hybridized carbons (Fsp3) is 0.692. The molecule has 0 aliphatic carbocycles. The molecule has 0 aliphatic rings. The molecule has 0 aliphatic heterocycles. The second-order valence-corrected chi connectivity index (χ2v) is 5.09. The molecule has 16 heavy (non-hydrogen) atoms. The Morgan fingerprint density at radius 2 is 2.19 bits per heavy atom. The number of aromatic nitrogens is 1. The minimum atomic E-state index is -0.0597. The van der Waals surface area contributed by atoms with Crippen LogP contribution in [0.2, 0.25) is 0 Å². The number of rotatable bonds is 6. The normalized spacial score (nSPS) is 14.1. The van der Waals surface area contributed by atoms with E-state index in [1.165, 1.54) is 5.69 Å². The molecule has 1 heterocycles. The molecule has 0 fully saturated rings. The van der Waals surface area contributed by atoms with Crippen molar-refractivity contribution >= 4 is 0 Å². The number of nitrogens with zero attached hydrogens (tertiary/aromatic N) is 1. The molecule has 3 heteroatoms. The van der Waals surface area contributed by atoms with Crippen LogP contribution in [0.25, 0.3) is 0 Å². The molecular weight excluding hydrogens is 200 g/mol. The van der Waals surface area contributed by atoms with E-state index in [1.54, 1.807) is 7.11 Å². The van der Waals surface area contributed by atoms with Crippen LogP contribution in [0.1, 0.15) is 32.9 Å². The van der Waals surface area contributed by atoms with Gasteiger partial charge in [0.1, 0.15) is 0 Å². The zero-order chi connectivity index (χ0) is 12.2. The predicted molar refractivity (Wildman–Crippen MR) is 67.5 cm³/mol. The molecule has 1 aromatic rings. The molecule has 0 spiro atoms. The summed E-state index contributed by atoms with van der Waals surface area (Å²) in [5.74, 6) is 0. The third kappa shape index (κ3) is 3.99. The van der Waals surface area contributed by atoms with Crippen LogP contribution in [0, 0.1) is 0 Å². The summed E-state index contributed by atoms with van der Waals surface area (Å²) in [6.07, 6.45) is 4.05. The monoisotopic (exact) mass is 224 g/mol. The number of methoxy groups -OCH3 is 1. The van der Waals surface area contributed by atoms with Gasteiger partial charge in [0, 0.05) is 38.0 Å². The molecule has 1 atom stereocenters. The molecule has 1 aromatic heterocycles. The van der Waals surface area contributed by atoms with E-state index in [9.17, 15) is 0 Å². The average molecular weight is 224 g/mol. The van der Waals surface area contributed by atoms with Gasteiger partial charge >= 0.3 is 0 Å². The lowest BCUT2D eigenvalue weighted by Crippen LogP contribution is -2.25. The van der Waals surface area contributed by atoms with Gasteiger partial charge < -0.3 is 15.0 Å². The van der Waals surface area contributed by atoms with E-state index >= 15 is 0 Å². The van der Waals surface area contributed by atoms with E-state index in [0.717, 1.165) is 19.4 Å². The Kier molecular flexibility index (Phi) is 4.56. The molecule has 0 saturated carbocycles. The van der Waals surface area contributed by atoms with Gasteiger partial charge in [-0.25, -0.2) is 0 Å². The van der Waals surface area contributed by atoms with Gasteiger partial charge in [-0.05, 0) is 39.3 Å². The largest absolute Gasteiger partial charge is 0.379 e. The third-order valence-electron chi connectivity index (χ3n) is 2.96. The van der Waals surface area contributed by atoms with Crippen molar-refractivity contribution in [3.05, 3.63) is 24.0 Å². The zero-order valence-corrected chi connectivity index (χ0v) is 10.9. The molecular formula is C13H24N2O. The lowest BCUT2D eigenvalue weighted by molar-refractivity contribution is 0.0119. The van der Waals surface area contributed by atoms with E-state index < -0.39 is 0 Å². The SMILES string of the molecule is COC(C)(C)CCn1cccc1CC(C)N. The molecule has 2 N–H and O–H groups in total. The Balaban J connectivity index is 2.57. The molecule has 92 valence electrons. The standard InChI is InChI=1S/C13H24N2O/c1-11(14)10-12-6-5-8-15(12)9-7-13(2,3)16-4/h5-6,8,11H,7,9-10,14H2,1-4H3. The van der Waals surface area contributed by atoms with Crippen molar-refractivity contribution in [1.82, 2.24) is 4.57 Å². The number of hydrogen-bond donors (Lipinski definition) is 1. The summed E-state index contributed by atoms with van der Waals surface area (Å²) >= 11 is 0. The Morgan fingerprint density at radius 1 is 1.50 bits per heavy atom. The second kappa shape index (κ2) is 5.51. The van der Waals surface area contributed by atoms with E-state index in [1.807, 2.05) is 6.92 Å². The van der Waals surface area contributed by atoms with Crippen LogP contribution in [-0.4, -0.2) is 23.3 Å². The minimum Gasteiger partial charge on any atom is -0.379 e. The van der Waals surface area contributed by atoms with Crippen LogP contribution >= 0.6 is 0 Å². The summed E-state index contributed by atoms with van der Waals surface area (Å²) in [6.45, 7) is 7.25. The molecule has 1 unspecified atom stereocenters. The van der Waals surface area contributed by atoms with Crippen molar-refractivity contribution < 1.29 is 4.74 Å². The summed E-state index contributed by atoms with van der Waals surface area (Å²) in [5.41, 5.74) is 7.07. The van der Waals surface area contributed by atoms with Crippen molar-refractivity contribution in [2.45, 2.75) is 51.8 Å². The molecule has 0 radical (unpaired) electrons. The van der Waals surface area contributed by atoms with Crippen molar-refractivity contribution in [3.8, 4) is 0 Å². The Morgan fingerprint density at radius 3 is 2.75 bits per heavy atom. The van der Waals surface area contributed by atoms with E-state index in [-0.39, 0.29) is 11.6 Å². The quantitative estimate of drug-likeness (QED) is 0.804. The highest BCUT2D eigenvalue weighted by molar-refractivity contribution is 5.08. The summed E-state index contributed by atoms with van der Waals surface area (Å²) in [4.78, 5) is 0. The number of ether oxygens (including phenoxy) is 1. The molecule has 1 rings (SSSR count). The summed E-state index contributed by atoms with van der Waals surface area (Å²) < 4.78 is 7.69. The van der Waals surface area contributed by atoms with Crippen molar-refractivity contribution in [3.63, 3.8) is 0 Å². The van der Waals surface area contributed by atoms with Crippen LogP contribution in [-0.2, 0) is 17.7 Å². The van der Waals surface area contributed by atoms with Gasteiger partial charge in [0.2, 0.25) is 0 Å². The van der Waals surface area contributed by atoms with Crippen molar-refractivity contribution in [1.29, 1.82) is 0 Å². The average Bonchev–Trinajstić information content (AvgIpc) is 2.62. The van der Waals surface area contributed by atoms with Gasteiger partial charge in [0.05, 0.1) is 5.60 Å². The molecule has 0 saturated heterocycles. The van der Waals surface area contributed by atoms with Gasteiger partial charge in [-0.15, -0.1) is 0 Å². The molecule has 0 amide bonds. The Labute approximate surface area is 98.6 Å². The van der Waals surface area contributed by atoms with Crippen LogP contribution in [0.5, 0.6) is 0 Å². The zero-order valence-electron chi connectivity index (χ0n) is 10.9. The fourth-order valence-electron chi connectivity index (χ4n) is 1.67. The highest BCUT2D eigenvalue weighted by Crippen LogP contribution is 2.15. The maximum atomic E-state index is 5.82. The van der Waals surface area contributed by atoms with Crippen LogP contribution in [0.15, 0.2) is 18.3 Å². The van der Waals surface area contributed by atoms with Crippen LogP contribution < -0.4 is 5.73 Å². The van der Waals surface area contributed by atoms with Gasteiger partial charge in [-0.3, -0.25) is 0 Å². The first kappa shape index (κ1) is 13.3. The first-order chi connectivity index (χ1) is 7.44. The van der Waals surface area contributed by atoms with Gasteiger partial charge in [-0.1, -0.05) is 0 Å². The summed E-state index contributed by atoms with van der Waals surface area (Å²) in [7, 11) is 1.76. The van der Waals surface area contributed by atoms with Gasteiger partial charge in [0.25, 0.3) is 0 Å². The van der Waals surface area contributed by atoms with E-state index in [2.05, 4.69) is 36.7 Å². The topological polar surface area (TPSA) is 40.2 Å². The first-order valence-corrected chi connectivity index (χ1v) is 5.89. The predicted octanol–water partition coefficient (Wildman–Crippen LogP) is 2.19. The van der Waals surface area contributed by atoms with E-state index in [0.29, 0.717) is 0 Å². The smallest absolute Gasteiger partial charge is 0.0639 e. The molecule has 3 nitrogen and oxygen atoms in total. The Hall–Kier alpha value is -0.800. The van der Waals surface area contributed by atoms with Crippen LogP contribution in [0.4, 0.5) is 0 Å². The fourth-order valence-corrected chi connectivity index (χ4v) is 1.67. The van der Waals surface area contributed by atoms with Crippen molar-refractivity contribution in [2.75, 3.05) is 7.11 Å².